The summed E-state index contributed by atoms with van der Waals surface area (Å²) < 4.78 is 2.65. The Hall–Kier alpha value is -7.20. The predicted molar refractivity (Wildman–Crippen MR) is 280 cm³/mol. The van der Waals surface area contributed by atoms with Crippen LogP contribution in [-0.4, -0.2) is 0 Å². The minimum atomic E-state index is -0.194. The Labute approximate surface area is 384 Å². The van der Waals surface area contributed by atoms with Crippen LogP contribution in [-0.2, 0) is 10.8 Å². The molecule has 1 aromatic heterocycles. The minimum Gasteiger partial charge on any atom is -0.310 e. The summed E-state index contributed by atoms with van der Waals surface area (Å²) in [6.07, 6.45) is 0. The molecule has 2 nitrogen and oxygen atoms in total. The number of thiophene rings is 1. The first-order valence-electron chi connectivity index (χ1n) is 22.9. The first-order chi connectivity index (χ1) is 31.6. The summed E-state index contributed by atoms with van der Waals surface area (Å²) in [5, 5.41) is 10.3. The number of fused-ring (bicyclic) bond motifs is 13. The Morgan fingerprint density at radius 1 is 0.323 bits per heavy atom. The lowest BCUT2D eigenvalue weighted by atomic mass is 9.72. The number of anilines is 6. The number of benzene rings is 10. The molecule has 2 aliphatic heterocycles. The summed E-state index contributed by atoms with van der Waals surface area (Å²) in [4.78, 5) is 5.05. The van der Waals surface area contributed by atoms with Gasteiger partial charge in [-0.15, -0.1) is 11.3 Å². The van der Waals surface area contributed by atoms with Crippen molar-refractivity contribution in [2.24, 2.45) is 0 Å². The van der Waals surface area contributed by atoms with Crippen molar-refractivity contribution in [2.75, 3.05) is 9.80 Å². The third kappa shape index (κ3) is 5.40. The van der Waals surface area contributed by atoms with Crippen molar-refractivity contribution in [1.82, 2.24) is 0 Å². The summed E-state index contributed by atoms with van der Waals surface area (Å²) in [5.74, 6) is 0. The van der Waals surface area contributed by atoms with Crippen LogP contribution in [0.15, 0.2) is 182 Å². The number of hydrogen-bond acceptors (Lipinski definition) is 3. The van der Waals surface area contributed by atoms with Gasteiger partial charge >= 0.3 is 0 Å². The van der Waals surface area contributed by atoms with Gasteiger partial charge in [-0.05, 0) is 157 Å². The van der Waals surface area contributed by atoms with E-state index in [1.807, 2.05) is 11.3 Å². The molecule has 0 amide bonds. The molecule has 0 fully saturated rings. The first-order valence-corrected chi connectivity index (χ1v) is 23.7. The van der Waals surface area contributed by atoms with E-state index in [-0.39, 0.29) is 10.8 Å². The Morgan fingerprint density at radius 2 is 0.815 bits per heavy atom. The second-order valence-corrected chi connectivity index (χ2v) is 20.5. The van der Waals surface area contributed by atoms with Crippen molar-refractivity contribution in [1.29, 1.82) is 0 Å². The fourth-order valence-corrected chi connectivity index (χ4v) is 12.8. The minimum absolute atomic E-state index is 0.176. The van der Waals surface area contributed by atoms with E-state index in [2.05, 4.69) is 233 Å². The maximum atomic E-state index is 2.53. The van der Waals surface area contributed by atoms with E-state index in [0.717, 1.165) is 0 Å². The standard InChI is InChI=1S/C62H48N2S/c1-37-17-7-8-18-41(37)47-34-53-57(31-38(47)2)63(55-24-14-12-22-51(55)61(53,3)4)39-27-29-44-45-30-28-40(33-49(45)43-20-10-9-19-42(43)48(44)32-39)64-56-25-15-13-23-52(56)62(5,6)54-35-50-46-21-11-16-26-59(46)65-60(50)36-58(54)64/h7-36H,1-6H3. The van der Waals surface area contributed by atoms with Crippen LogP contribution in [0.3, 0.4) is 0 Å². The molecule has 3 heterocycles. The molecule has 13 rings (SSSR count). The van der Waals surface area contributed by atoms with Crippen LogP contribution < -0.4 is 9.80 Å². The molecule has 0 N–H and O–H groups in total. The highest BCUT2D eigenvalue weighted by Crippen LogP contribution is 2.56. The van der Waals surface area contributed by atoms with E-state index >= 15 is 0 Å². The molecular formula is C62H48N2S. The van der Waals surface area contributed by atoms with Gasteiger partial charge < -0.3 is 9.80 Å². The molecule has 10 aromatic carbocycles. The third-order valence-electron chi connectivity index (χ3n) is 15.1. The molecule has 0 unspecified atom stereocenters. The van der Waals surface area contributed by atoms with Crippen LogP contribution >= 0.6 is 11.3 Å². The number of para-hydroxylation sites is 2. The van der Waals surface area contributed by atoms with Crippen LogP contribution in [0.2, 0.25) is 0 Å². The number of nitrogens with zero attached hydrogens (tertiary/aromatic N) is 2. The van der Waals surface area contributed by atoms with Crippen LogP contribution in [0.25, 0.3) is 63.6 Å². The van der Waals surface area contributed by atoms with Crippen molar-refractivity contribution >= 4 is 98.0 Å². The summed E-state index contributed by atoms with van der Waals surface area (Å²) in [6, 6.07) is 68.9. The molecule has 0 atom stereocenters. The fourth-order valence-electron chi connectivity index (χ4n) is 11.7. The van der Waals surface area contributed by atoms with Crippen molar-refractivity contribution in [3.63, 3.8) is 0 Å². The summed E-state index contributed by atoms with van der Waals surface area (Å²) >= 11 is 1.89. The SMILES string of the molecule is Cc1ccccc1-c1cc2c(cc1C)N(c1ccc3c4ccc(N5c6ccccc6C(C)(C)c6cc7c(cc65)sc5ccccc57)cc4c4ccccc4c3c1)c1ccccc1C2(C)C. The number of rotatable bonds is 3. The topological polar surface area (TPSA) is 6.48 Å². The van der Waals surface area contributed by atoms with Gasteiger partial charge in [0.15, 0.2) is 0 Å². The maximum absolute atomic E-state index is 2.53. The molecule has 0 saturated heterocycles. The molecule has 312 valence electrons. The Bertz CT molecular complexity index is 3810. The molecular weight excluding hydrogens is 805 g/mol. The smallest absolute Gasteiger partial charge is 0.0517 e. The van der Waals surface area contributed by atoms with Gasteiger partial charge in [-0.1, -0.05) is 143 Å². The first kappa shape index (κ1) is 38.3. The van der Waals surface area contributed by atoms with Gasteiger partial charge in [-0.25, -0.2) is 0 Å². The van der Waals surface area contributed by atoms with E-state index in [9.17, 15) is 0 Å². The Morgan fingerprint density at radius 3 is 1.43 bits per heavy atom. The highest BCUT2D eigenvalue weighted by Gasteiger charge is 2.39. The Kier molecular flexibility index (Phi) is 8.04. The average Bonchev–Trinajstić information content (AvgIpc) is 3.69. The zero-order valence-corrected chi connectivity index (χ0v) is 38.4. The van der Waals surface area contributed by atoms with Crippen LogP contribution in [0.5, 0.6) is 0 Å². The average molecular weight is 853 g/mol. The van der Waals surface area contributed by atoms with Gasteiger partial charge in [0.05, 0.1) is 22.7 Å². The zero-order valence-electron chi connectivity index (χ0n) is 37.6. The zero-order chi connectivity index (χ0) is 43.9. The molecule has 0 aliphatic carbocycles. The normalized spacial score (nSPS) is 14.8. The largest absolute Gasteiger partial charge is 0.310 e. The number of aryl methyl sites for hydroxylation is 2. The van der Waals surface area contributed by atoms with Gasteiger partial charge in [0.2, 0.25) is 0 Å². The molecule has 11 aromatic rings. The summed E-state index contributed by atoms with van der Waals surface area (Å²) in [6.45, 7) is 14.1. The van der Waals surface area contributed by atoms with Gasteiger partial charge in [-0.2, -0.15) is 0 Å². The maximum Gasteiger partial charge on any atom is 0.0517 e. The molecule has 0 bridgehead atoms. The van der Waals surface area contributed by atoms with E-state index in [0.29, 0.717) is 0 Å². The van der Waals surface area contributed by atoms with Crippen molar-refractivity contribution < 1.29 is 0 Å². The van der Waals surface area contributed by atoms with Crippen molar-refractivity contribution in [3.8, 4) is 11.1 Å². The van der Waals surface area contributed by atoms with E-state index in [4.69, 9.17) is 0 Å². The Balaban J connectivity index is 1.01. The van der Waals surface area contributed by atoms with Crippen LogP contribution in [0.1, 0.15) is 61.1 Å². The second kappa shape index (κ2) is 13.7. The summed E-state index contributed by atoms with van der Waals surface area (Å²) in [7, 11) is 0. The molecule has 2 aliphatic rings. The van der Waals surface area contributed by atoms with Crippen molar-refractivity contribution in [3.05, 3.63) is 215 Å². The predicted octanol–water partition coefficient (Wildman–Crippen LogP) is 18.0. The van der Waals surface area contributed by atoms with E-state index in [1.54, 1.807) is 0 Å². The third-order valence-corrected chi connectivity index (χ3v) is 16.2. The lowest BCUT2D eigenvalue weighted by Gasteiger charge is -2.42. The van der Waals surface area contributed by atoms with Crippen LogP contribution in [0, 0.1) is 13.8 Å². The summed E-state index contributed by atoms with van der Waals surface area (Å²) in [5.41, 5.74) is 17.5. The van der Waals surface area contributed by atoms with Gasteiger partial charge in [-0.3, -0.25) is 0 Å². The highest BCUT2D eigenvalue weighted by molar-refractivity contribution is 7.25. The lowest BCUT2D eigenvalue weighted by molar-refractivity contribution is 0.632. The van der Waals surface area contributed by atoms with E-state index in [1.165, 1.54) is 131 Å². The molecule has 65 heavy (non-hydrogen) atoms. The lowest BCUT2D eigenvalue weighted by Crippen LogP contribution is -2.30. The number of hydrogen-bond donors (Lipinski definition) is 0. The van der Waals surface area contributed by atoms with Crippen molar-refractivity contribution in [2.45, 2.75) is 52.4 Å². The van der Waals surface area contributed by atoms with E-state index < -0.39 is 0 Å². The van der Waals surface area contributed by atoms with Gasteiger partial charge in [0.25, 0.3) is 0 Å². The monoisotopic (exact) mass is 852 g/mol. The molecule has 3 heteroatoms. The second-order valence-electron chi connectivity index (χ2n) is 19.4. The molecule has 0 radical (unpaired) electrons. The molecule has 0 saturated carbocycles. The van der Waals surface area contributed by atoms with Crippen LogP contribution in [0.4, 0.5) is 34.1 Å². The molecule has 0 spiro atoms. The quantitative estimate of drug-likeness (QED) is 0.163. The highest BCUT2D eigenvalue weighted by atomic mass is 32.1. The van der Waals surface area contributed by atoms with Gasteiger partial charge in [0.1, 0.15) is 0 Å². The van der Waals surface area contributed by atoms with Gasteiger partial charge in [0, 0.05) is 42.4 Å². The fraction of sp³-hybridized carbons (Fsp3) is 0.129.